The van der Waals surface area contributed by atoms with Gasteiger partial charge in [-0.3, -0.25) is 9.36 Å². The Labute approximate surface area is 142 Å². The van der Waals surface area contributed by atoms with E-state index in [1.165, 1.54) is 11.8 Å². The van der Waals surface area contributed by atoms with Crippen LogP contribution in [0.5, 0.6) is 0 Å². The van der Waals surface area contributed by atoms with E-state index in [4.69, 9.17) is 16.0 Å². The SMILES string of the molecule is CCn1c(SCC(=O)c2ccc(Cl)cc2)nnc1-c1ccco1. The Bertz CT molecular complexity index is 797. The number of benzene rings is 1. The van der Waals surface area contributed by atoms with Crippen molar-refractivity contribution in [2.75, 3.05) is 5.75 Å². The maximum absolute atomic E-state index is 12.2. The van der Waals surface area contributed by atoms with Crippen LogP contribution < -0.4 is 0 Å². The summed E-state index contributed by atoms with van der Waals surface area (Å²) in [6, 6.07) is 10.5. The minimum atomic E-state index is 0.0249. The topological polar surface area (TPSA) is 60.9 Å². The number of nitrogens with zero attached hydrogens (tertiary/aromatic N) is 3. The van der Waals surface area contributed by atoms with E-state index in [0.29, 0.717) is 33.9 Å². The molecule has 0 spiro atoms. The second kappa shape index (κ2) is 7.02. The first-order valence-electron chi connectivity index (χ1n) is 7.07. The van der Waals surface area contributed by atoms with Gasteiger partial charge in [0.25, 0.3) is 0 Å². The molecule has 0 bridgehead atoms. The van der Waals surface area contributed by atoms with Crippen molar-refractivity contribution in [1.29, 1.82) is 0 Å². The fourth-order valence-electron chi connectivity index (χ4n) is 2.12. The van der Waals surface area contributed by atoms with Crippen molar-refractivity contribution in [2.45, 2.75) is 18.6 Å². The standard InChI is InChI=1S/C16H14ClN3O2S/c1-2-20-15(14-4-3-9-22-14)18-19-16(20)23-10-13(21)11-5-7-12(17)8-6-11/h3-9H,2,10H2,1H3. The molecule has 0 N–H and O–H groups in total. The first-order valence-corrected chi connectivity index (χ1v) is 8.44. The van der Waals surface area contributed by atoms with Gasteiger partial charge < -0.3 is 4.42 Å². The van der Waals surface area contributed by atoms with Crippen molar-refractivity contribution in [3.63, 3.8) is 0 Å². The highest BCUT2D eigenvalue weighted by Crippen LogP contribution is 2.25. The maximum Gasteiger partial charge on any atom is 0.200 e. The number of thioether (sulfide) groups is 1. The molecule has 3 aromatic rings. The fourth-order valence-corrected chi connectivity index (χ4v) is 3.14. The van der Waals surface area contributed by atoms with Crippen LogP contribution in [-0.4, -0.2) is 26.3 Å². The molecule has 0 saturated heterocycles. The van der Waals surface area contributed by atoms with E-state index in [0.717, 1.165) is 0 Å². The van der Waals surface area contributed by atoms with Crippen LogP contribution in [0.15, 0.2) is 52.2 Å². The number of halogens is 1. The molecule has 0 aliphatic rings. The molecule has 0 radical (unpaired) electrons. The summed E-state index contributed by atoms with van der Waals surface area (Å²) in [5.74, 6) is 1.64. The van der Waals surface area contributed by atoms with Crippen LogP contribution in [0, 0.1) is 0 Å². The minimum Gasteiger partial charge on any atom is -0.461 e. The zero-order chi connectivity index (χ0) is 16.2. The van der Waals surface area contributed by atoms with Crippen molar-refractivity contribution in [1.82, 2.24) is 14.8 Å². The highest BCUT2D eigenvalue weighted by Gasteiger charge is 2.16. The smallest absolute Gasteiger partial charge is 0.200 e. The zero-order valence-electron chi connectivity index (χ0n) is 12.4. The molecule has 1 aromatic carbocycles. The van der Waals surface area contributed by atoms with E-state index in [1.807, 2.05) is 17.6 Å². The lowest BCUT2D eigenvalue weighted by atomic mass is 10.1. The summed E-state index contributed by atoms with van der Waals surface area (Å²) in [5.41, 5.74) is 0.635. The number of ketones is 1. The van der Waals surface area contributed by atoms with Gasteiger partial charge in [0.1, 0.15) is 0 Å². The lowest BCUT2D eigenvalue weighted by molar-refractivity contribution is 0.102. The molecule has 23 heavy (non-hydrogen) atoms. The lowest BCUT2D eigenvalue weighted by Crippen LogP contribution is -2.05. The van der Waals surface area contributed by atoms with E-state index < -0.39 is 0 Å². The Morgan fingerprint density at radius 1 is 1.26 bits per heavy atom. The molecule has 0 atom stereocenters. The van der Waals surface area contributed by atoms with Crippen molar-refractivity contribution in [2.24, 2.45) is 0 Å². The summed E-state index contributed by atoms with van der Waals surface area (Å²) in [6.45, 7) is 2.70. The van der Waals surface area contributed by atoms with Gasteiger partial charge in [-0.1, -0.05) is 23.4 Å². The summed E-state index contributed by atoms with van der Waals surface area (Å²) in [6.07, 6.45) is 1.60. The predicted molar refractivity (Wildman–Crippen MR) is 89.9 cm³/mol. The van der Waals surface area contributed by atoms with Crippen molar-refractivity contribution in [3.8, 4) is 11.6 Å². The third kappa shape index (κ3) is 3.48. The molecule has 2 aromatic heterocycles. The second-order valence-electron chi connectivity index (χ2n) is 4.75. The molecule has 0 aliphatic heterocycles. The van der Waals surface area contributed by atoms with E-state index in [1.54, 1.807) is 36.6 Å². The summed E-state index contributed by atoms with van der Waals surface area (Å²) < 4.78 is 7.30. The van der Waals surface area contributed by atoms with Crippen molar-refractivity contribution >= 4 is 29.1 Å². The van der Waals surface area contributed by atoms with Gasteiger partial charge in [0, 0.05) is 17.1 Å². The average Bonchev–Trinajstić information content (AvgIpc) is 3.22. The predicted octanol–water partition coefficient (Wildman–Crippen LogP) is 4.19. The number of rotatable bonds is 6. The average molecular weight is 348 g/mol. The van der Waals surface area contributed by atoms with E-state index in [-0.39, 0.29) is 11.5 Å². The number of aromatic nitrogens is 3. The number of carbonyl (C=O) groups is 1. The highest BCUT2D eigenvalue weighted by atomic mass is 35.5. The van der Waals surface area contributed by atoms with Gasteiger partial charge in [0.15, 0.2) is 22.5 Å². The van der Waals surface area contributed by atoms with Crippen LogP contribution in [-0.2, 0) is 6.54 Å². The molecule has 0 aliphatic carbocycles. The molecule has 0 amide bonds. The normalized spacial score (nSPS) is 10.9. The van der Waals surface area contributed by atoms with E-state index in [2.05, 4.69) is 10.2 Å². The molecule has 3 rings (SSSR count). The van der Waals surface area contributed by atoms with Crippen molar-refractivity contribution in [3.05, 3.63) is 53.2 Å². The zero-order valence-corrected chi connectivity index (χ0v) is 14.0. The Morgan fingerprint density at radius 3 is 2.70 bits per heavy atom. The van der Waals surface area contributed by atoms with Crippen LogP contribution in [0.3, 0.4) is 0 Å². The minimum absolute atomic E-state index is 0.0249. The van der Waals surface area contributed by atoms with Gasteiger partial charge in [-0.05, 0) is 43.3 Å². The highest BCUT2D eigenvalue weighted by molar-refractivity contribution is 7.99. The first-order chi connectivity index (χ1) is 11.2. The van der Waals surface area contributed by atoms with Crippen LogP contribution in [0.25, 0.3) is 11.6 Å². The summed E-state index contributed by atoms with van der Waals surface area (Å²) in [5, 5.41) is 9.64. The van der Waals surface area contributed by atoms with Gasteiger partial charge in [-0.15, -0.1) is 10.2 Å². The van der Waals surface area contributed by atoms with Gasteiger partial charge in [-0.2, -0.15) is 0 Å². The van der Waals surface area contributed by atoms with Crippen molar-refractivity contribution < 1.29 is 9.21 Å². The van der Waals surface area contributed by atoms with Gasteiger partial charge in [0.2, 0.25) is 0 Å². The summed E-state index contributed by atoms with van der Waals surface area (Å²) in [4.78, 5) is 12.2. The molecule has 2 heterocycles. The van der Waals surface area contributed by atoms with Gasteiger partial charge in [0.05, 0.1) is 12.0 Å². The molecule has 118 valence electrons. The number of Topliss-reactive ketones (excluding diaryl/α,β-unsaturated/α-hetero) is 1. The third-order valence-corrected chi connectivity index (χ3v) is 4.49. The van der Waals surface area contributed by atoms with E-state index >= 15 is 0 Å². The molecule has 5 nitrogen and oxygen atoms in total. The largest absolute Gasteiger partial charge is 0.461 e. The third-order valence-electron chi connectivity index (χ3n) is 3.27. The molecule has 7 heteroatoms. The Hall–Kier alpha value is -2.05. The molecule has 0 unspecified atom stereocenters. The number of carbonyl (C=O) groups excluding carboxylic acids is 1. The van der Waals surface area contributed by atoms with Crippen LogP contribution in [0.4, 0.5) is 0 Å². The fraction of sp³-hybridized carbons (Fsp3) is 0.188. The molecule has 0 fully saturated rings. The number of hydrogen-bond donors (Lipinski definition) is 0. The van der Waals surface area contributed by atoms with Crippen LogP contribution in [0.1, 0.15) is 17.3 Å². The maximum atomic E-state index is 12.2. The number of hydrogen-bond acceptors (Lipinski definition) is 5. The monoisotopic (exact) mass is 347 g/mol. The van der Waals surface area contributed by atoms with Gasteiger partial charge >= 0.3 is 0 Å². The van der Waals surface area contributed by atoms with Gasteiger partial charge in [-0.25, -0.2) is 0 Å². The Morgan fingerprint density at radius 2 is 2.04 bits per heavy atom. The number of furan rings is 1. The molecular weight excluding hydrogens is 334 g/mol. The van der Waals surface area contributed by atoms with Crippen LogP contribution >= 0.6 is 23.4 Å². The lowest BCUT2D eigenvalue weighted by Gasteiger charge is -2.05. The Kier molecular flexibility index (Phi) is 4.83. The molecule has 0 saturated carbocycles. The summed E-state index contributed by atoms with van der Waals surface area (Å²) >= 11 is 7.20. The Balaban J connectivity index is 1.73. The first kappa shape index (κ1) is 15.8. The van der Waals surface area contributed by atoms with E-state index in [9.17, 15) is 4.79 Å². The molecular formula is C16H14ClN3O2S. The van der Waals surface area contributed by atoms with Crippen LogP contribution in [0.2, 0.25) is 5.02 Å². The second-order valence-corrected chi connectivity index (χ2v) is 6.13. The summed E-state index contributed by atoms with van der Waals surface area (Å²) in [7, 11) is 0. The quantitative estimate of drug-likeness (QED) is 0.494.